The number of halogens is 1. The Kier molecular flexibility index (Phi) is 8.84. The largest absolute Gasteiger partial charge is 0.445 e. The van der Waals surface area contributed by atoms with E-state index in [0.29, 0.717) is 4.48 Å². The molecule has 7 nitrogen and oxygen atoms in total. The quantitative estimate of drug-likeness (QED) is 0.562. The van der Waals surface area contributed by atoms with Gasteiger partial charge in [-0.25, -0.2) is 4.79 Å². The molecule has 0 aliphatic heterocycles. The maximum absolute atomic E-state index is 12.5. The van der Waals surface area contributed by atoms with E-state index < -0.39 is 30.0 Å². The standard InChI is InChI=1S/C18H24BrN3O4/c1-11(2)15(17(24)21-14(16(20)23)9-12(3)19)22-18(25)26-10-13-7-5-4-6-8-13/h4-8,11,14-15H,3,9-10H2,1-2H3,(H2,20,23)(H,21,24)(H,22,25)/t14-,15-/m1/s1. The number of nitrogens with one attached hydrogen (secondary N) is 2. The topological polar surface area (TPSA) is 111 Å². The molecule has 2 atom stereocenters. The van der Waals surface area contributed by atoms with Crippen molar-refractivity contribution in [3.05, 3.63) is 47.0 Å². The molecule has 0 aromatic heterocycles. The van der Waals surface area contributed by atoms with E-state index in [0.717, 1.165) is 5.56 Å². The fourth-order valence-corrected chi connectivity index (χ4v) is 2.46. The average Bonchev–Trinajstić information content (AvgIpc) is 2.57. The molecule has 8 heteroatoms. The smallest absolute Gasteiger partial charge is 0.408 e. The Balaban J connectivity index is 2.65. The van der Waals surface area contributed by atoms with Gasteiger partial charge in [-0.05, 0) is 16.0 Å². The summed E-state index contributed by atoms with van der Waals surface area (Å²) in [6.45, 7) is 7.26. The molecule has 26 heavy (non-hydrogen) atoms. The van der Waals surface area contributed by atoms with E-state index in [1.807, 2.05) is 30.3 Å². The van der Waals surface area contributed by atoms with Crippen molar-refractivity contribution in [2.75, 3.05) is 0 Å². The van der Waals surface area contributed by atoms with Gasteiger partial charge < -0.3 is 21.1 Å². The highest BCUT2D eigenvalue weighted by Crippen LogP contribution is 2.11. The number of carbonyl (C=O) groups excluding carboxylic acids is 3. The Labute approximate surface area is 161 Å². The Bertz CT molecular complexity index is 649. The van der Waals surface area contributed by atoms with Crippen LogP contribution in [-0.4, -0.2) is 30.0 Å². The van der Waals surface area contributed by atoms with Crippen molar-refractivity contribution < 1.29 is 19.1 Å². The van der Waals surface area contributed by atoms with Gasteiger partial charge in [0.2, 0.25) is 11.8 Å². The third-order valence-corrected chi connectivity index (χ3v) is 3.84. The highest BCUT2D eigenvalue weighted by atomic mass is 79.9. The monoisotopic (exact) mass is 425 g/mol. The number of rotatable bonds is 9. The summed E-state index contributed by atoms with van der Waals surface area (Å²) >= 11 is 3.14. The van der Waals surface area contributed by atoms with Crippen molar-refractivity contribution in [2.24, 2.45) is 11.7 Å². The SMILES string of the molecule is C=C(Br)C[C@@H](NC(=O)[C@H](NC(=O)OCc1ccccc1)C(C)C)C(N)=O. The van der Waals surface area contributed by atoms with Gasteiger partial charge in [0.25, 0.3) is 0 Å². The predicted octanol–water partition coefficient (Wildman–Crippen LogP) is 2.21. The van der Waals surface area contributed by atoms with Crippen molar-refractivity contribution in [1.82, 2.24) is 10.6 Å². The number of carbonyl (C=O) groups is 3. The lowest BCUT2D eigenvalue weighted by atomic mass is 10.0. The van der Waals surface area contributed by atoms with Crippen molar-refractivity contribution in [3.63, 3.8) is 0 Å². The summed E-state index contributed by atoms with van der Waals surface area (Å²) in [5.74, 6) is -1.43. The maximum Gasteiger partial charge on any atom is 0.408 e. The minimum absolute atomic E-state index is 0.0897. The molecule has 1 aromatic rings. The second-order valence-electron chi connectivity index (χ2n) is 6.11. The Morgan fingerprint density at radius 1 is 1.19 bits per heavy atom. The minimum Gasteiger partial charge on any atom is -0.445 e. The van der Waals surface area contributed by atoms with Gasteiger partial charge in [-0.15, -0.1) is 0 Å². The van der Waals surface area contributed by atoms with Gasteiger partial charge in [0.05, 0.1) is 0 Å². The molecule has 142 valence electrons. The van der Waals surface area contributed by atoms with Crippen molar-refractivity contribution in [1.29, 1.82) is 0 Å². The molecule has 1 rings (SSSR count). The summed E-state index contributed by atoms with van der Waals surface area (Å²) in [5.41, 5.74) is 6.13. The first-order chi connectivity index (χ1) is 12.2. The van der Waals surface area contributed by atoms with Crippen LogP contribution in [0.15, 0.2) is 41.4 Å². The summed E-state index contributed by atoms with van der Waals surface area (Å²) in [4.78, 5) is 35.9. The van der Waals surface area contributed by atoms with E-state index in [9.17, 15) is 14.4 Å². The number of hydrogen-bond acceptors (Lipinski definition) is 4. The first kappa shape index (κ1) is 21.7. The Hall–Kier alpha value is -2.35. The fraction of sp³-hybridized carbons (Fsp3) is 0.389. The maximum atomic E-state index is 12.5. The van der Waals surface area contributed by atoms with E-state index in [4.69, 9.17) is 10.5 Å². The zero-order chi connectivity index (χ0) is 19.7. The minimum atomic E-state index is -0.919. The summed E-state index contributed by atoms with van der Waals surface area (Å²) in [5, 5.41) is 5.06. The van der Waals surface area contributed by atoms with Crippen LogP contribution in [-0.2, 0) is 20.9 Å². The number of benzene rings is 1. The highest BCUT2D eigenvalue weighted by molar-refractivity contribution is 9.11. The normalized spacial score (nSPS) is 12.8. The summed E-state index contributed by atoms with van der Waals surface area (Å²) in [7, 11) is 0. The molecule has 0 heterocycles. The van der Waals surface area contributed by atoms with Gasteiger partial charge in [0, 0.05) is 6.42 Å². The van der Waals surface area contributed by atoms with Gasteiger partial charge in [-0.2, -0.15) is 0 Å². The van der Waals surface area contributed by atoms with Crippen LogP contribution >= 0.6 is 15.9 Å². The van der Waals surface area contributed by atoms with E-state index in [2.05, 4.69) is 33.1 Å². The second kappa shape index (κ2) is 10.6. The third-order valence-electron chi connectivity index (χ3n) is 3.52. The second-order valence-corrected chi connectivity index (χ2v) is 7.23. The molecule has 0 spiro atoms. The molecule has 0 fully saturated rings. The van der Waals surface area contributed by atoms with Gasteiger partial charge in [0.15, 0.2) is 0 Å². The summed E-state index contributed by atoms with van der Waals surface area (Å²) in [6.07, 6.45) is -0.562. The first-order valence-corrected chi connectivity index (χ1v) is 8.90. The van der Waals surface area contributed by atoms with Crippen LogP contribution in [0, 0.1) is 5.92 Å². The lowest BCUT2D eigenvalue weighted by molar-refractivity contribution is -0.129. The molecule has 0 saturated heterocycles. The van der Waals surface area contributed by atoms with Crippen LogP contribution in [0.25, 0.3) is 0 Å². The molecule has 4 N–H and O–H groups in total. The number of amides is 3. The van der Waals surface area contributed by atoms with Crippen molar-refractivity contribution in [2.45, 2.75) is 39.0 Å². The van der Waals surface area contributed by atoms with Gasteiger partial charge >= 0.3 is 6.09 Å². The Morgan fingerprint density at radius 2 is 1.81 bits per heavy atom. The molecule has 3 amide bonds. The van der Waals surface area contributed by atoms with E-state index in [1.54, 1.807) is 13.8 Å². The molecular formula is C18H24BrN3O4. The molecule has 0 radical (unpaired) electrons. The fourth-order valence-electron chi connectivity index (χ4n) is 2.13. The number of primary amides is 1. The van der Waals surface area contributed by atoms with Crippen LogP contribution in [0.4, 0.5) is 4.79 Å². The molecule has 0 aliphatic carbocycles. The lowest BCUT2D eigenvalue weighted by Gasteiger charge is -2.24. The average molecular weight is 426 g/mol. The van der Waals surface area contributed by atoms with Crippen LogP contribution < -0.4 is 16.4 Å². The van der Waals surface area contributed by atoms with Crippen LogP contribution in [0.3, 0.4) is 0 Å². The summed E-state index contributed by atoms with van der Waals surface area (Å²) < 4.78 is 5.66. The molecule has 0 saturated carbocycles. The molecular weight excluding hydrogens is 402 g/mol. The zero-order valence-electron chi connectivity index (χ0n) is 14.8. The van der Waals surface area contributed by atoms with Gasteiger partial charge in [-0.1, -0.05) is 66.7 Å². The van der Waals surface area contributed by atoms with Crippen molar-refractivity contribution >= 4 is 33.8 Å². The number of hydrogen-bond donors (Lipinski definition) is 3. The third kappa shape index (κ3) is 7.69. The molecule has 1 aromatic carbocycles. The van der Waals surface area contributed by atoms with Crippen LogP contribution in [0.5, 0.6) is 0 Å². The lowest BCUT2D eigenvalue weighted by Crippen LogP contribution is -2.54. The van der Waals surface area contributed by atoms with E-state index >= 15 is 0 Å². The highest BCUT2D eigenvalue weighted by Gasteiger charge is 2.28. The Morgan fingerprint density at radius 3 is 2.31 bits per heavy atom. The molecule has 0 unspecified atom stereocenters. The predicted molar refractivity (Wildman–Crippen MR) is 102 cm³/mol. The van der Waals surface area contributed by atoms with Crippen LogP contribution in [0.2, 0.25) is 0 Å². The van der Waals surface area contributed by atoms with Gasteiger partial charge in [-0.3, -0.25) is 9.59 Å². The van der Waals surface area contributed by atoms with Gasteiger partial charge in [0.1, 0.15) is 18.7 Å². The number of alkyl carbamates (subject to hydrolysis) is 1. The number of nitrogens with two attached hydrogens (primary N) is 1. The van der Waals surface area contributed by atoms with E-state index in [-0.39, 0.29) is 18.9 Å². The van der Waals surface area contributed by atoms with E-state index in [1.165, 1.54) is 0 Å². The molecule has 0 bridgehead atoms. The van der Waals surface area contributed by atoms with Crippen LogP contribution in [0.1, 0.15) is 25.8 Å². The molecule has 0 aliphatic rings. The summed E-state index contributed by atoms with van der Waals surface area (Å²) in [6, 6.07) is 7.39. The van der Waals surface area contributed by atoms with Crippen molar-refractivity contribution in [3.8, 4) is 0 Å². The zero-order valence-corrected chi connectivity index (χ0v) is 16.4. The number of ether oxygens (including phenoxy) is 1. The first-order valence-electron chi connectivity index (χ1n) is 8.11.